The van der Waals surface area contributed by atoms with Gasteiger partial charge < -0.3 is 15.0 Å². The molecule has 0 saturated heterocycles. The number of carbonyl (C=O) groups is 1. The van der Waals surface area contributed by atoms with Crippen LogP contribution in [0, 0.1) is 0 Å². The quantitative estimate of drug-likeness (QED) is 0.312. The van der Waals surface area contributed by atoms with Crippen LogP contribution in [0.25, 0.3) is 11.4 Å². The Morgan fingerprint density at radius 3 is 2.69 bits per heavy atom. The van der Waals surface area contributed by atoms with Gasteiger partial charge in [0.25, 0.3) is 5.89 Å². The number of sulfone groups is 1. The Morgan fingerprint density at radius 2 is 2.00 bits per heavy atom. The van der Waals surface area contributed by atoms with Gasteiger partial charge in [-0.1, -0.05) is 41.0 Å². The summed E-state index contributed by atoms with van der Waals surface area (Å²) in [6.45, 7) is 1.80. The molecule has 3 rings (SSSR count). The van der Waals surface area contributed by atoms with Crippen LogP contribution in [0.4, 0.5) is 5.69 Å². The lowest BCUT2D eigenvalue weighted by molar-refractivity contribution is -0.138. The predicted octanol–water partition coefficient (Wildman–Crippen LogP) is 3.32. The molecule has 1 aromatic heterocycles. The first-order valence-corrected chi connectivity index (χ1v) is 11.6. The van der Waals surface area contributed by atoms with Gasteiger partial charge in [0.1, 0.15) is 11.4 Å². The first-order chi connectivity index (χ1) is 15.2. The van der Waals surface area contributed by atoms with E-state index in [4.69, 9.17) is 26.6 Å². The minimum absolute atomic E-state index is 0.0584. The monoisotopic (exact) mass is 474 g/mol. The average molecular weight is 475 g/mol. The summed E-state index contributed by atoms with van der Waals surface area (Å²) in [5.74, 6) is -0.669. The lowest BCUT2D eigenvalue weighted by Gasteiger charge is -2.03. The molecule has 0 spiro atoms. The van der Waals surface area contributed by atoms with Crippen molar-refractivity contribution < 1.29 is 22.5 Å². The van der Waals surface area contributed by atoms with Crippen molar-refractivity contribution in [2.24, 2.45) is 10.7 Å². The molecule has 2 N–H and O–H groups in total. The normalized spacial score (nSPS) is 12.6. The summed E-state index contributed by atoms with van der Waals surface area (Å²) in [6, 6.07) is 12.9. The number of halogens is 1. The summed E-state index contributed by atoms with van der Waals surface area (Å²) in [4.78, 5) is 20.8. The minimum Gasteiger partial charge on any atom is -0.461 e. The Labute approximate surface area is 189 Å². The zero-order chi connectivity index (χ0) is 23.3. The SMILES string of the molecule is CCOC(=O)C(N)=CC(=Nc1ccccc1Cl)c1nc(-c2cccc(S(C)(=O)=O)c2)no1. The number of para-hydroxylation sites is 1. The number of nitrogens with zero attached hydrogens (tertiary/aromatic N) is 3. The Morgan fingerprint density at radius 1 is 1.25 bits per heavy atom. The van der Waals surface area contributed by atoms with Gasteiger partial charge in [-0.3, -0.25) is 0 Å². The van der Waals surface area contributed by atoms with Crippen molar-refractivity contribution in [2.75, 3.05) is 12.9 Å². The third-order valence-corrected chi connectivity index (χ3v) is 5.49. The van der Waals surface area contributed by atoms with E-state index in [9.17, 15) is 13.2 Å². The number of esters is 1. The Kier molecular flexibility index (Phi) is 7.06. The maximum Gasteiger partial charge on any atom is 0.354 e. The number of allylic oxidation sites excluding steroid dienone is 1. The maximum absolute atomic E-state index is 12.0. The number of rotatable bonds is 7. The minimum atomic E-state index is -3.42. The molecule has 1 heterocycles. The number of hydrogen-bond acceptors (Lipinski definition) is 9. The molecule has 2 aromatic carbocycles. The number of aromatic nitrogens is 2. The molecule has 0 saturated carbocycles. The van der Waals surface area contributed by atoms with Crippen molar-refractivity contribution in [3.8, 4) is 11.4 Å². The standard InChI is InChI=1S/C21H19ClN4O5S/c1-3-30-21(27)16(23)12-18(24-17-10-5-4-9-15(17)22)20-25-19(26-31-20)13-7-6-8-14(11-13)32(2,28)29/h4-12H,3,23H2,1-2H3. The van der Waals surface area contributed by atoms with Crippen LogP contribution in [0.15, 0.2) is 74.7 Å². The predicted molar refractivity (Wildman–Crippen MR) is 119 cm³/mol. The molecule has 0 fully saturated rings. The van der Waals surface area contributed by atoms with Crippen LogP contribution >= 0.6 is 11.6 Å². The van der Waals surface area contributed by atoms with Crippen LogP contribution in [0.3, 0.4) is 0 Å². The van der Waals surface area contributed by atoms with Gasteiger partial charge in [-0.25, -0.2) is 18.2 Å². The fraction of sp³-hybridized carbons (Fsp3) is 0.143. The number of carbonyl (C=O) groups excluding carboxylic acids is 1. The summed E-state index contributed by atoms with van der Waals surface area (Å²) in [6.07, 6.45) is 2.34. The summed E-state index contributed by atoms with van der Waals surface area (Å²) in [7, 11) is -3.42. The van der Waals surface area contributed by atoms with Gasteiger partial charge in [-0.05, 0) is 37.3 Å². The fourth-order valence-corrected chi connectivity index (χ4v) is 3.39. The second kappa shape index (κ2) is 9.75. The highest BCUT2D eigenvalue weighted by molar-refractivity contribution is 7.90. The second-order valence-electron chi connectivity index (χ2n) is 6.49. The summed E-state index contributed by atoms with van der Waals surface area (Å²) in [5, 5.41) is 4.26. The van der Waals surface area contributed by atoms with E-state index in [2.05, 4.69) is 15.1 Å². The summed E-state index contributed by atoms with van der Waals surface area (Å²) >= 11 is 6.19. The molecule has 0 atom stereocenters. The highest BCUT2D eigenvalue weighted by Crippen LogP contribution is 2.26. The molecule has 3 aromatic rings. The van der Waals surface area contributed by atoms with Crippen molar-refractivity contribution in [1.82, 2.24) is 10.1 Å². The zero-order valence-corrected chi connectivity index (χ0v) is 18.7. The van der Waals surface area contributed by atoms with E-state index < -0.39 is 15.8 Å². The molecule has 32 heavy (non-hydrogen) atoms. The van der Waals surface area contributed by atoms with Gasteiger partial charge in [0, 0.05) is 11.8 Å². The molecular formula is C21H19ClN4O5S. The maximum atomic E-state index is 12.0. The molecule has 0 amide bonds. The number of aliphatic imine (C=N–C) groups is 1. The molecular weight excluding hydrogens is 456 g/mol. The van der Waals surface area contributed by atoms with Crippen LogP contribution < -0.4 is 5.73 Å². The summed E-state index contributed by atoms with van der Waals surface area (Å²) < 4.78 is 33.9. The molecule has 0 aliphatic heterocycles. The van der Waals surface area contributed by atoms with E-state index in [1.165, 1.54) is 18.2 Å². The Bertz CT molecular complexity index is 1310. The lowest BCUT2D eigenvalue weighted by atomic mass is 10.2. The number of benzene rings is 2. The highest BCUT2D eigenvalue weighted by atomic mass is 35.5. The van der Waals surface area contributed by atoms with Crippen molar-refractivity contribution in [3.05, 3.63) is 71.2 Å². The van der Waals surface area contributed by atoms with Gasteiger partial charge in [-0.15, -0.1) is 0 Å². The van der Waals surface area contributed by atoms with E-state index >= 15 is 0 Å². The third-order valence-electron chi connectivity index (χ3n) is 4.06. The van der Waals surface area contributed by atoms with Gasteiger partial charge in [0.2, 0.25) is 5.82 Å². The Hall–Kier alpha value is -3.50. The van der Waals surface area contributed by atoms with E-state index in [0.29, 0.717) is 16.3 Å². The molecule has 0 radical (unpaired) electrons. The number of ether oxygens (including phenoxy) is 1. The average Bonchev–Trinajstić information content (AvgIpc) is 3.24. The topological polar surface area (TPSA) is 138 Å². The molecule has 0 aliphatic carbocycles. The molecule has 9 nitrogen and oxygen atoms in total. The highest BCUT2D eigenvalue weighted by Gasteiger charge is 2.18. The van der Waals surface area contributed by atoms with E-state index in [-0.39, 0.29) is 34.6 Å². The van der Waals surface area contributed by atoms with E-state index in [0.717, 1.165) is 6.26 Å². The van der Waals surface area contributed by atoms with Crippen LogP contribution in [-0.4, -0.2) is 43.1 Å². The van der Waals surface area contributed by atoms with Crippen molar-refractivity contribution >= 4 is 38.8 Å². The molecule has 166 valence electrons. The summed E-state index contributed by atoms with van der Waals surface area (Å²) in [5.41, 5.74) is 6.48. The molecule has 0 bridgehead atoms. The van der Waals surface area contributed by atoms with Crippen LogP contribution in [0.5, 0.6) is 0 Å². The van der Waals surface area contributed by atoms with Crippen LogP contribution in [0.1, 0.15) is 12.8 Å². The van der Waals surface area contributed by atoms with E-state index in [1.54, 1.807) is 43.3 Å². The number of nitrogens with two attached hydrogens (primary N) is 1. The lowest BCUT2D eigenvalue weighted by Crippen LogP contribution is -2.16. The first-order valence-electron chi connectivity index (χ1n) is 9.31. The van der Waals surface area contributed by atoms with Gasteiger partial charge in [0.15, 0.2) is 9.84 Å². The Balaban J connectivity index is 2.07. The van der Waals surface area contributed by atoms with E-state index in [1.807, 2.05) is 0 Å². The number of hydrogen-bond donors (Lipinski definition) is 1. The zero-order valence-electron chi connectivity index (χ0n) is 17.1. The third kappa shape index (κ3) is 5.59. The van der Waals surface area contributed by atoms with Crippen molar-refractivity contribution in [2.45, 2.75) is 11.8 Å². The second-order valence-corrected chi connectivity index (χ2v) is 8.91. The molecule has 0 aliphatic rings. The van der Waals surface area contributed by atoms with Gasteiger partial charge in [-0.2, -0.15) is 4.98 Å². The first kappa shape index (κ1) is 23.2. The molecule has 11 heteroatoms. The van der Waals surface area contributed by atoms with Crippen molar-refractivity contribution in [1.29, 1.82) is 0 Å². The van der Waals surface area contributed by atoms with Gasteiger partial charge in [0.05, 0.1) is 22.2 Å². The van der Waals surface area contributed by atoms with Crippen molar-refractivity contribution in [3.63, 3.8) is 0 Å². The largest absolute Gasteiger partial charge is 0.461 e. The smallest absolute Gasteiger partial charge is 0.354 e. The van der Waals surface area contributed by atoms with Crippen LogP contribution in [-0.2, 0) is 19.4 Å². The fourth-order valence-electron chi connectivity index (χ4n) is 2.55. The van der Waals surface area contributed by atoms with Gasteiger partial charge >= 0.3 is 5.97 Å². The van der Waals surface area contributed by atoms with Crippen LogP contribution in [0.2, 0.25) is 5.02 Å². The molecule has 0 unspecified atom stereocenters.